The molecule has 2 saturated carbocycles. The Morgan fingerprint density at radius 3 is 2.43 bits per heavy atom. The molecular weight excluding hydrogens is 514 g/mol. The largest absolute Gasteiger partial charge is 0.369 e. The van der Waals surface area contributed by atoms with Crippen molar-refractivity contribution >= 4 is 46.3 Å². The number of carbonyl (C=O) groups excluding carboxylic acids is 1. The minimum Gasteiger partial charge on any atom is -0.369 e. The summed E-state index contributed by atoms with van der Waals surface area (Å²) in [4.78, 5) is 25.1. The number of fused-ring (bicyclic) bond motifs is 1. The van der Waals surface area contributed by atoms with Crippen LogP contribution in [0.1, 0.15) is 57.4 Å². The number of halogens is 5. The number of nitrogens with two attached hydrogens (primary N) is 1. The van der Waals surface area contributed by atoms with Crippen LogP contribution in [0, 0.1) is 17.6 Å². The SMILES string of the molecule is NC(=O)[C@H]1CC[C@@H](n2c(Nc3c(F)cc(F)cc3Cl)nc3cnc(NC4CCC(F)(F)CC4)nc32)CC1. The molecule has 2 aromatic heterocycles. The molecule has 0 atom stereocenters. The zero-order chi connectivity index (χ0) is 26.3. The van der Waals surface area contributed by atoms with Crippen molar-refractivity contribution in [3.8, 4) is 0 Å². The number of rotatable bonds is 6. The van der Waals surface area contributed by atoms with Crippen LogP contribution >= 0.6 is 11.6 Å². The average molecular weight is 540 g/mol. The fourth-order valence-electron chi connectivity index (χ4n) is 5.15. The van der Waals surface area contributed by atoms with Crippen molar-refractivity contribution in [1.29, 1.82) is 0 Å². The van der Waals surface area contributed by atoms with E-state index in [0.29, 0.717) is 49.7 Å². The van der Waals surface area contributed by atoms with Gasteiger partial charge in [0.25, 0.3) is 0 Å². The van der Waals surface area contributed by atoms with E-state index in [2.05, 4.69) is 25.6 Å². The quantitative estimate of drug-likeness (QED) is 0.346. The monoisotopic (exact) mass is 539 g/mol. The molecule has 37 heavy (non-hydrogen) atoms. The number of hydrogen-bond donors (Lipinski definition) is 3. The second-order valence-corrected chi connectivity index (χ2v) is 10.2. The third-order valence-corrected chi connectivity index (χ3v) is 7.49. The van der Waals surface area contributed by atoms with Gasteiger partial charge in [0.05, 0.1) is 16.9 Å². The fourth-order valence-corrected chi connectivity index (χ4v) is 5.40. The number of amides is 1. The second kappa shape index (κ2) is 9.96. The molecule has 198 valence electrons. The number of nitrogens with one attached hydrogen (secondary N) is 2. The lowest BCUT2D eigenvalue weighted by Gasteiger charge is -2.29. The molecule has 2 aliphatic carbocycles. The van der Waals surface area contributed by atoms with Crippen LogP contribution in [-0.4, -0.2) is 37.4 Å². The van der Waals surface area contributed by atoms with Gasteiger partial charge >= 0.3 is 0 Å². The van der Waals surface area contributed by atoms with E-state index in [0.717, 1.165) is 12.1 Å². The Labute approximate surface area is 215 Å². The molecule has 3 aromatic rings. The summed E-state index contributed by atoms with van der Waals surface area (Å²) in [6, 6.07) is 1.37. The molecule has 0 unspecified atom stereocenters. The van der Waals surface area contributed by atoms with Gasteiger partial charge in [-0.15, -0.1) is 0 Å². The predicted octanol–water partition coefficient (Wildman–Crippen LogP) is 5.71. The Morgan fingerprint density at radius 1 is 1.08 bits per heavy atom. The normalized spacial score (nSPS) is 22.2. The van der Waals surface area contributed by atoms with Crippen molar-refractivity contribution in [2.24, 2.45) is 11.7 Å². The number of carbonyl (C=O) groups is 1. The molecule has 2 heterocycles. The van der Waals surface area contributed by atoms with E-state index < -0.39 is 17.6 Å². The lowest BCUT2D eigenvalue weighted by molar-refractivity contribution is -0.122. The first-order chi connectivity index (χ1) is 17.6. The second-order valence-electron chi connectivity index (χ2n) is 9.76. The number of primary amides is 1. The molecule has 13 heteroatoms. The fraction of sp³-hybridized carbons (Fsp3) is 0.500. The summed E-state index contributed by atoms with van der Waals surface area (Å²) in [7, 11) is 0. The molecule has 0 saturated heterocycles. The van der Waals surface area contributed by atoms with Gasteiger partial charge in [0.2, 0.25) is 23.7 Å². The van der Waals surface area contributed by atoms with E-state index in [9.17, 15) is 22.4 Å². The van der Waals surface area contributed by atoms with Crippen LogP contribution in [0.3, 0.4) is 0 Å². The first-order valence-electron chi connectivity index (χ1n) is 12.2. The van der Waals surface area contributed by atoms with E-state index in [-0.39, 0.29) is 59.4 Å². The Kier molecular flexibility index (Phi) is 6.86. The molecule has 5 rings (SSSR count). The van der Waals surface area contributed by atoms with Gasteiger partial charge in [-0.05, 0) is 44.6 Å². The average Bonchev–Trinajstić information content (AvgIpc) is 3.20. The number of benzene rings is 1. The maximum absolute atomic E-state index is 14.6. The lowest BCUT2D eigenvalue weighted by Crippen LogP contribution is -2.32. The summed E-state index contributed by atoms with van der Waals surface area (Å²) >= 11 is 6.11. The van der Waals surface area contributed by atoms with Crippen LogP contribution in [0.15, 0.2) is 18.3 Å². The highest BCUT2D eigenvalue weighted by molar-refractivity contribution is 6.33. The summed E-state index contributed by atoms with van der Waals surface area (Å²) in [5.41, 5.74) is 6.21. The standard InChI is InChI=1S/C24H26ClF4N7O/c25-16-9-13(26)10-17(27)19(16)34-23-33-18-11-31-22(32-14-5-7-24(28,29)8-6-14)35-21(18)36(23)15-3-1-12(2-4-15)20(30)37/h9-12,14-15H,1-8H2,(H2,30,37)(H,33,34)(H,31,32,35)/t12-,15+. The third-order valence-electron chi connectivity index (χ3n) is 7.19. The minimum atomic E-state index is -2.65. The Balaban J connectivity index is 1.49. The number of imidazole rings is 1. The molecular formula is C24H26ClF4N7O. The summed E-state index contributed by atoms with van der Waals surface area (Å²) in [5, 5.41) is 5.87. The molecule has 2 fully saturated rings. The van der Waals surface area contributed by atoms with Crippen LogP contribution in [-0.2, 0) is 4.79 Å². The smallest absolute Gasteiger partial charge is 0.248 e. The van der Waals surface area contributed by atoms with Gasteiger partial charge in [-0.25, -0.2) is 27.5 Å². The summed E-state index contributed by atoms with van der Waals surface area (Å²) in [6.07, 6.45) is 4.00. The highest BCUT2D eigenvalue weighted by Gasteiger charge is 2.35. The number of aromatic nitrogens is 4. The zero-order valence-corrected chi connectivity index (χ0v) is 20.5. The van der Waals surface area contributed by atoms with Gasteiger partial charge in [0, 0.05) is 36.9 Å². The van der Waals surface area contributed by atoms with Crippen molar-refractivity contribution in [2.45, 2.75) is 69.4 Å². The van der Waals surface area contributed by atoms with E-state index in [4.69, 9.17) is 17.3 Å². The molecule has 4 N–H and O–H groups in total. The first-order valence-corrected chi connectivity index (χ1v) is 12.6. The molecule has 1 amide bonds. The molecule has 0 radical (unpaired) electrons. The van der Waals surface area contributed by atoms with Crippen molar-refractivity contribution in [2.75, 3.05) is 10.6 Å². The van der Waals surface area contributed by atoms with Gasteiger partial charge in [-0.2, -0.15) is 4.98 Å². The molecule has 2 aliphatic rings. The van der Waals surface area contributed by atoms with Gasteiger partial charge < -0.3 is 16.4 Å². The van der Waals surface area contributed by atoms with Crippen molar-refractivity contribution in [1.82, 2.24) is 19.5 Å². The van der Waals surface area contributed by atoms with Crippen molar-refractivity contribution in [3.63, 3.8) is 0 Å². The summed E-state index contributed by atoms with van der Waals surface area (Å²) < 4.78 is 57.1. The van der Waals surface area contributed by atoms with Crippen LogP contribution in [0.2, 0.25) is 5.02 Å². The highest BCUT2D eigenvalue weighted by Crippen LogP contribution is 2.39. The third kappa shape index (κ3) is 5.43. The van der Waals surface area contributed by atoms with Gasteiger partial charge in [0.1, 0.15) is 11.3 Å². The van der Waals surface area contributed by atoms with E-state index in [1.54, 1.807) is 4.57 Å². The maximum atomic E-state index is 14.6. The number of alkyl halides is 2. The van der Waals surface area contributed by atoms with Crippen LogP contribution < -0.4 is 16.4 Å². The first kappa shape index (κ1) is 25.5. The van der Waals surface area contributed by atoms with E-state index in [1.807, 2.05) is 0 Å². The summed E-state index contributed by atoms with van der Waals surface area (Å²) in [6.45, 7) is 0. The molecule has 0 spiro atoms. The number of hydrogen-bond acceptors (Lipinski definition) is 6. The summed E-state index contributed by atoms with van der Waals surface area (Å²) in [5.74, 6) is -4.43. The molecule has 0 bridgehead atoms. The van der Waals surface area contributed by atoms with Crippen LogP contribution in [0.5, 0.6) is 0 Å². The number of anilines is 3. The van der Waals surface area contributed by atoms with E-state index >= 15 is 0 Å². The maximum Gasteiger partial charge on any atom is 0.248 e. The zero-order valence-electron chi connectivity index (χ0n) is 19.8. The minimum absolute atomic E-state index is 0.139. The van der Waals surface area contributed by atoms with E-state index in [1.165, 1.54) is 6.20 Å². The molecule has 8 nitrogen and oxygen atoms in total. The van der Waals surface area contributed by atoms with Crippen LogP contribution in [0.25, 0.3) is 11.2 Å². The molecule has 1 aromatic carbocycles. The Morgan fingerprint density at radius 2 is 1.78 bits per heavy atom. The van der Waals surface area contributed by atoms with Gasteiger partial charge in [0.15, 0.2) is 11.5 Å². The van der Waals surface area contributed by atoms with Gasteiger partial charge in [-0.1, -0.05) is 11.6 Å². The van der Waals surface area contributed by atoms with Gasteiger partial charge in [-0.3, -0.25) is 9.36 Å². The Hall–Kier alpha value is -3.15. The Bertz CT molecular complexity index is 1290. The van der Waals surface area contributed by atoms with Crippen molar-refractivity contribution < 1.29 is 22.4 Å². The predicted molar refractivity (Wildman–Crippen MR) is 131 cm³/mol. The lowest BCUT2D eigenvalue weighted by atomic mass is 9.85. The number of nitrogens with zero attached hydrogens (tertiary/aromatic N) is 4. The van der Waals surface area contributed by atoms with Crippen molar-refractivity contribution in [3.05, 3.63) is 35.0 Å². The highest BCUT2D eigenvalue weighted by atomic mass is 35.5. The topological polar surface area (TPSA) is 111 Å². The van der Waals surface area contributed by atoms with Crippen LogP contribution in [0.4, 0.5) is 35.1 Å². The molecule has 0 aliphatic heterocycles.